The van der Waals surface area contributed by atoms with E-state index < -0.39 is 0 Å². The second-order valence-electron chi connectivity index (χ2n) is 7.67. The fourth-order valence-electron chi connectivity index (χ4n) is 3.92. The van der Waals surface area contributed by atoms with Gasteiger partial charge in [-0.15, -0.1) is 11.3 Å². The predicted molar refractivity (Wildman–Crippen MR) is 123 cm³/mol. The van der Waals surface area contributed by atoms with Crippen molar-refractivity contribution in [2.24, 2.45) is 0 Å². The number of benzene rings is 1. The first kappa shape index (κ1) is 21.7. The molecule has 4 rings (SSSR count). The Balaban J connectivity index is 1.60. The van der Waals surface area contributed by atoms with Crippen molar-refractivity contribution in [3.05, 3.63) is 62.7 Å². The summed E-state index contributed by atoms with van der Waals surface area (Å²) >= 11 is 1.69. The number of hydrogen-bond donors (Lipinski definition) is 1. The van der Waals surface area contributed by atoms with Crippen molar-refractivity contribution >= 4 is 28.0 Å². The Morgan fingerprint density at radius 1 is 1.19 bits per heavy atom. The van der Waals surface area contributed by atoms with E-state index in [1.807, 2.05) is 18.2 Å². The zero-order chi connectivity index (χ0) is 21.6. The van der Waals surface area contributed by atoms with Gasteiger partial charge in [0.15, 0.2) is 5.69 Å². The van der Waals surface area contributed by atoms with Crippen LogP contribution in [-0.2, 0) is 11.3 Å². The molecule has 3 aromatic rings. The lowest BCUT2D eigenvalue weighted by Gasteiger charge is -2.34. The number of aryl methyl sites for hydroxylation is 1. The monoisotopic (exact) mass is 440 g/mol. The Labute approximate surface area is 185 Å². The van der Waals surface area contributed by atoms with E-state index in [9.17, 15) is 9.59 Å². The Bertz CT molecular complexity index is 1070. The van der Waals surface area contributed by atoms with Gasteiger partial charge in [-0.25, -0.2) is 4.68 Å². The number of fused-ring (bicyclic) bond motifs is 1. The van der Waals surface area contributed by atoms with Crippen LogP contribution in [-0.4, -0.2) is 53.4 Å². The van der Waals surface area contributed by atoms with Crippen LogP contribution in [0.3, 0.4) is 0 Å². The summed E-state index contributed by atoms with van der Waals surface area (Å²) in [5, 5.41) is 10.7. The molecule has 1 aliphatic heterocycles. The normalized spacial score (nSPS) is 15.8. The highest BCUT2D eigenvalue weighted by atomic mass is 32.1. The van der Waals surface area contributed by atoms with Crippen LogP contribution in [0, 0.1) is 0 Å². The molecule has 1 amide bonds. The minimum absolute atomic E-state index is 0.0881. The molecule has 0 radical (unpaired) electrons. The molecule has 7 nitrogen and oxygen atoms in total. The van der Waals surface area contributed by atoms with E-state index in [1.54, 1.807) is 23.5 Å². The van der Waals surface area contributed by atoms with Crippen molar-refractivity contribution in [1.82, 2.24) is 20.0 Å². The molecule has 164 valence electrons. The van der Waals surface area contributed by atoms with Crippen molar-refractivity contribution in [1.29, 1.82) is 0 Å². The quantitative estimate of drug-likeness (QED) is 0.583. The molecule has 1 fully saturated rings. The molecule has 1 saturated heterocycles. The molecule has 1 N–H and O–H groups in total. The number of hydrogen-bond acceptors (Lipinski definition) is 6. The first-order valence-electron chi connectivity index (χ1n) is 10.8. The molecule has 1 aliphatic rings. The third-order valence-corrected chi connectivity index (χ3v) is 6.59. The van der Waals surface area contributed by atoms with Gasteiger partial charge in [0, 0.05) is 36.4 Å². The van der Waals surface area contributed by atoms with Gasteiger partial charge >= 0.3 is 0 Å². The molecule has 31 heavy (non-hydrogen) atoms. The molecule has 1 atom stereocenters. The SMILES string of the molecule is CCCCn1nc(C(=O)NC[C@@H](c2cccs2)N2CCOCC2)c2ccccc2c1=O. The summed E-state index contributed by atoms with van der Waals surface area (Å²) in [5.74, 6) is -0.253. The number of nitrogens with one attached hydrogen (secondary N) is 1. The van der Waals surface area contributed by atoms with Gasteiger partial charge < -0.3 is 10.1 Å². The largest absolute Gasteiger partial charge is 0.379 e. The van der Waals surface area contributed by atoms with Gasteiger partial charge in [0.2, 0.25) is 0 Å². The van der Waals surface area contributed by atoms with Gasteiger partial charge in [0.25, 0.3) is 11.5 Å². The minimum atomic E-state index is -0.253. The number of morpholine rings is 1. The molecule has 0 bridgehead atoms. The molecule has 1 aromatic carbocycles. The minimum Gasteiger partial charge on any atom is -0.379 e. The van der Waals surface area contributed by atoms with E-state index in [0.29, 0.717) is 42.8 Å². The highest BCUT2D eigenvalue weighted by Crippen LogP contribution is 2.25. The fourth-order valence-corrected chi connectivity index (χ4v) is 4.78. The van der Waals surface area contributed by atoms with Crippen LogP contribution in [0.25, 0.3) is 10.8 Å². The van der Waals surface area contributed by atoms with Crippen LogP contribution in [0.15, 0.2) is 46.6 Å². The molecule has 3 heterocycles. The van der Waals surface area contributed by atoms with Crippen LogP contribution >= 0.6 is 11.3 Å². The van der Waals surface area contributed by atoms with Gasteiger partial charge in [0.1, 0.15) is 0 Å². The zero-order valence-electron chi connectivity index (χ0n) is 17.8. The second-order valence-corrected chi connectivity index (χ2v) is 8.64. The number of thiophene rings is 1. The molecule has 2 aromatic heterocycles. The molecule has 0 saturated carbocycles. The lowest BCUT2D eigenvalue weighted by atomic mass is 10.1. The fraction of sp³-hybridized carbons (Fsp3) is 0.435. The maximum absolute atomic E-state index is 13.2. The smallest absolute Gasteiger partial charge is 0.274 e. The van der Waals surface area contributed by atoms with Crippen molar-refractivity contribution < 1.29 is 9.53 Å². The molecular formula is C23H28N4O3S. The first-order valence-corrected chi connectivity index (χ1v) is 11.7. The lowest BCUT2D eigenvalue weighted by Crippen LogP contribution is -2.43. The summed E-state index contributed by atoms with van der Waals surface area (Å²) in [6.45, 7) is 6.11. The number of unbranched alkanes of at least 4 members (excludes halogenated alkanes) is 1. The highest BCUT2D eigenvalue weighted by Gasteiger charge is 2.25. The standard InChI is InChI=1S/C23H28N4O3S/c1-2-3-10-27-23(29)18-8-5-4-7-17(18)21(25-27)22(28)24-16-19(20-9-6-15-31-20)26-11-13-30-14-12-26/h4-9,15,19H,2-3,10-14,16H2,1H3,(H,24,28)/t19-/m0/s1. The number of carbonyl (C=O) groups is 1. The Hall–Kier alpha value is -2.55. The number of nitrogens with zero attached hydrogens (tertiary/aromatic N) is 3. The number of rotatable bonds is 8. The van der Waals surface area contributed by atoms with Crippen LogP contribution in [0.2, 0.25) is 0 Å². The molecular weight excluding hydrogens is 412 g/mol. The third-order valence-electron chi connectivity index (χ3n) is 5.62. The first-order chi connectivity index (χ1) is 15.2. The summed E-state index contributed by atoms with van der Waals surface area (Å²) < 4.78 is 6.93. The molecule has 0 spiro atoms. The van der Waals surface area contributed by atoms with Crippen LogP contribution < -0.4 is 10.9 Å². The summed E-state index contributed by atoms with van der Waals surface area (Å²) in [6, 6.07) is 11.4. The van der Waals surface area contributed by atoms with E-state index in [-0.39, 0.29) is 17.5 Å². The summed E-state index contributed by atoms with van der Waals surface area (Å²) in [5.41, 5.74) is 0.156. The number of amides is 1. The molecule has 8 heteroatoms. The van der Waals surface area contributed by atoms with Crippen LogP contribution in [0.4, 0.5) is 0 Å². The summed E-state index contributed by atoms with van der Waals surface area (Å²) in [6.07, 6.45) is 1.79. The van der Waals surface area contributed by atoms with Gasteiger partial charge in [0.05, 0.1) is 24.6 Å². The van der Waals surface area contributed by atoms with Crippen molar-refractivity contribution in [3.8, 4) is 0 Å². The maximum Gasteiger partial charge on any atom is 0.274 e. The topological polar surface area (TPSA) is 76.5 Å². The molecule has 0 aliphatic carbocycles. The van der Waals surface area contributed by atoms with Crippen molar-refractivity contribution in [2.75, 3.05) is 32.8 Å². The Morgan fingerprint density at radius 3 is 2.68 bits per heavy atom. The van der Waals surface area contributed by atoms with Crippen LogP contribution in [0.5, 0.6) is 0 Å². The van der Waals surface area contributed by atoms with Gasteiger partial charge in [-0.2, -0.15) is 5.10 Å². The summed E-state index contributed by atoms with van der Waals surface area (Å²) in [7, 11) is 0. The van der Waals surface area contributed by atoms with E-state index in [4.69, 9.17) is 4.74 Å². The Kier molecular flexibility index (Phi) is 7.11. The van der Waals surface area contributed by atoms with Gasteiger partial charge in [-0.05, 0) is 23.9 Å². The third kappa shape index (κ3) is 4.87. The van der Waals surface area contributed by atoms with Gasteiger partial charge in [-0.1, -0.05) is 37.6 Å². The predicted octanol–water partition coefficient (Wildman–Crippen LogP) is 3.06. The van der Waals surface area contributed by atoms with E-state index in [0.717, 1.165) is 25.9 Å². The average molecular weight is 441 g/mol. The summed E-state index contributed by atoms with van der Waals surface area (Å²) in [4.78, 5) is 29.6. The highest BCUT2D eigenvalue weighted by molar-refractivity contribution is 7.10. The second kappa shape index (κ2) is 10.2. The number of aromatic nitrogens is 2. The van der Waals surface area contributed by atoms with Crippen LogP contribution in [0.1, 0.15) is 41.2 Å². The van der Waals surface area contributed by atoms with E-state index in [2.05, 4.69) is 33.7 Å². The zero-order valence-corrected chi connectivity index (χ0v) is 18.6. The van der Waals surface area contributed by atoms with Gasteiger partial charge in [-0.3, -0.25) is 14.5 Å². The van der Waals surface area contributed by atoms with Crippen molar-refractivity contribution in [2.45, 2.75) is 32.4 Å². The maximum atomic E-state index is 13.2. The number of carbonyl (C=O) groups excluding carboxylic acids is 1. The van der Waals surface area contributed by atoms with E-state index in [1.165, 1.54) is 9.56 Å². The molecule has 0 unspecified atom stereocenters. The number of ether oxygens (including phenoxy) is 1. The lowest BCUT2D eigenvalue weighted by molar-refractivity contribution is 0.0169. The Morgan fingerprint density at radius 2 is 1.97 bits per heavy atom. The van der Waals surface area contributed by atoms with E-state index >= 15 is 0 Å². The van der Waals surface area contributed by atoms with Crippen molar-refractivity contribution in [3.63, 3.8) is 0 Å². The average Bonchev–Trinajstić information content (AvgIpc) is 3.34.